The van der Waals surface area contributed by atoms with Crippen molar-refractivity contribution in [2.75, 3.05) is 13.1 Å². The molecule has 2 aliphatic rings. The number of rotatable bonds is 6. The Bertz CT molecular complexity index is 617. The molecule has 156 valence electrons. The lowest BCUT2D eigenvalue weighted by atomic mass is 9.88. The third kappa shape index (κ3) is 5.81. The quantitative estimate of drug-likeness (QED) is 0.740. The summed E-state index contributed by atoms with van der Waals surface area (Å²) in [4.78, 5) is 25.6. The summed E-state index contributed by atoms with van der Waals surface area (Å²) in [6, 6.07) is 8.87. The van der Waals surface area contributed by atoms with Crippen molar-refractivity contribution in [1.82, 2.24) is 10.2 Å². The van der Waals surface area contributed by atoms with Gasteiger partial charge in [-0.1, -0.05) is 39.8 Å². The highest BCUT2D eigenvalue weighted by atomic mass is 16.5. The summed E-state index contributed by atoms with van der Waals surface area (Å²) in [6.45, 7) is 10.9. The fourth-order valence-corrected chi connectivity index (χ4v) is 4.17. The molecule has 5 heteroatoms. The number of benzene rings is 1. The van der Waals surface area contributed by atoms with E-state index < -0.39 is 6.10 Å². The molecule has 2 heterocycles. The summed E-state index contributed by atoms with van der Waals surface area (Å²) in [5.74, 6) is 0.743. The van der Waals surface area contributed by atoms with Crippen LogP contribution in [0.4, 0.5) is 0 Å². The van der Waals surface area contributed by atoms with Crippen LogP contribution in [0.15, 0.2) is 24.3 Å². The van der Waals surface area contributed by atoms with E-state index in [0.717, 1.165) is 6.04 Å². The van der Waals surface area contributed by atoms with Gasteiger partial charge in [-0.25, -0.2) is 0 Å². The molecule has 0 aromatic heterocycles. The Labute approximate surface area is 169 Å². The van der Waals surface area contributed by atoms with Crippen molar-refractivity contribution in [3.05, 3.63) is 29.8 Å². The van der Waals surface area contributed by atoms with Crippen molar-refractivity contribution in [2.24, 2.45) is 0 Å². The first-order valence-corrected chi connectivity index (χ1v) is 10.9. The Hall–Kier alpha value is -1.88. The highest BCUT2D eigenvalue weighted by Crippen LogP contribution is 2.31. The molecule has 0 saturated carbocycles. The normalized spacial score (nSPS) is 21.1. The molecule has 3 rings (SSSR count). The van der Waals surface area contributed by atoms with Crippen LogP contribution in [0.25, 0.3) is 0 Å². The number of amides is 2. The molecule has 0 radical (unpaired) electrons. The molecule has 0 aliphatic carbocycles. The van der Waals surface area contributed by atoms with Gasteiger partial charge in [0, 0.05) is 18.9 Å². The molecule has 1 aromatic rings. The van der Waals surface area contributed by atoms with Gasteiger partial charge < -0.3 is 9.64 Å². The maximum atomic E-state index is 11.8. The largest absolute Gasteiger partial charge is 0.481 e. The molecule has 5 nitrogen and oxygen atoms in total. The predicted octanol–water partition coefficient (Wildman–Crippen LogP) is 4.26. The highest BCUT2D eigenvalue weighted by Gasteiger charge is 2.28. The summed E-state index contributed by atoms with van der Waals surface area (Å²) in [5.41, 5.74) is 1.35. The molecule has 1 aromatic carbocycles. The minimum atomic E-state index is -0.568. The zero-order valence-corrected chi connectivity index (χ0v) is 17.9. The summed E-state index contributed by atoms with van der Waals surface area (Å²) >= 11 is 0. The Kier molecular flexibility index (Phi) is 8.97. The van der Waals surface area contributed by atoms with Gasteiger partial charge in [0.15, 0.2) is 6.10 Å². The molecular weight excluding hydrogens is 352 g/mol. The minimum absolute atomic E-state index is 0.218. The molecule has 0 bridgehead atoms. The number of likely N-dealkylation sites (tertiary alicyclic amines) is 1. The van der Waals surface area contributed by atoms with Crippen molar-refractivity contribution >= 4 is 11.8 Å². The SMILES string of the molecule is CC.CCC(CC)N1CCC(c2ccc(OC3CCC(=O)NC3=O)cc2)CC1. The molecule has 1 atom stereocenters. The van der Waals surface area contributed by atoms with Gasteiger partial charge in [-0.15, -0.1) is 0 Å². The first-order valence-electron chi connectivity index (χ1n) is 10.9. The summed E-state index contributed by atoms with van der Waals surface area (Å²) < 4.78 is 5.76. The molecule has 28 heavy (non-hydrogen) atoms. The van der Waals surface area contributed by atoms with Crippen molar-refractivity contribution in [2.45, 2.75) is 84.3 Å². The molecule has 1 unspecified atom stereocenters. The summed E-state index contributed by atoms with van der Waals surface area (Å²) in [6.07, 6.45) is 5.07. The number of hydrogen-bond acceptors (Lipinski definition) is 4. The second-order valence-corrected chi connectivity index (χ2v) is 7.41. The van der Waals surface area contributed by atoms with E-state index in [2.05, 4.69) is 36.2 Å². The van der Waals surface area contributed by atoms with Crippen LogP contribution in [0.3, 0.4) is 0 Å². The van der Waals surface area contributed by atoms with Crippen molar-refractivity contribution in [3.63, 3.8) is 0 Å². The van der Waals surface area contributed by atoms with E-state index in [0.29, 0.717) is 24.5 Å². The fourth-order valence-electron chi connectivity index (χ4n) is 4.17. The van der Waals surface area contributed by atoms with Gasteiger partial charge in [-0.05, 0) is 62.4 Å². The van der Waals surface area contributed by atoms with Crippen LogP contribution in [0.2, 0.25) is 0 Å². The van der Waals surface area contributed by atoms with Crippen molar-refractivity contribution in [1.29, 1.82) is 0 Å². The topological polar surface area (TPSA) is 58.6 Å². The van der Waals surface area contributed by atoms with Gasteiger partial charge in [-0.2, -0.15) is 0 Å². The first kappa shape index (κ1) is 22.4. The minimum Gasteiger partial charge on any atom is -0.481 e. The molecular formula is C23H36N2O3. The second kappa shape index (κ2) is 11.2. The van der Waals surface area contributed by atoms with E-state index in [4.69, 9.17) is 4.74 Å². The van der Waals surface area contributed by atoms with E-state index in [-0.39, 0.29) is 11.8 Å². The maximum Gasteiger partial charge on any atom is 0.267 e. The predicted molar refractivity (Wildman–Crippen MR) is 113 cm³/mol. The number of nitrogens with zero attached hydrogens (tertiary/aromatic N) is 1. The molecule has 2 aliphatic heterocycles. The maximum absolute atomic E-state index is 11.8. The van der Waals surface area contributed by atoms with Crippen molar-refractivity contribution in [3.8, 4) is 5.75 Å². The van der Waals surface area contributed by atoms with Gasteiger partial charge in [-0.3, -0.25) is 14.9 Å². The molecule has 1 N–H and O–H groups in total. The summed E-state index contributed by atoms with van der Waals surface area (Å²) in [5, 5.41) is 2.33. The van der Waals surface area contributed by atoms with Crippen LogP contribution in [0.1, 0.15) is 77.7 Å². The Morgan fingerprint density at radius 1 is 1.04 bits per heavy atom. The number of ether oxygens (including phenoxy) is 1. The number of nitrogens with one attached hydrogen (secondary N) is 1. The van der Waals surface area contributed by atoms with Crippen molar-refractivity contribution < 1.29 is 14.3 Å². The Morgan fingerprint density at radius 3 is 2.18 bits per heavy atom. The second-order valence-electron chi connectivity index (χ2n) is 7.41. The lowest BCUT2D eigenvalue weighted by Crippen LogP contribution is -2.46. The first-order chi connectivity index (χ1) is 13.6. The number of hydrogen-bond donors (Lipinski definition) is 1. The van der Waals surface area contributed by atoms with Gasteiger partial charge >= 0.3 is 0 Å². The zero-order valence-electron chi connectivity index (χ0n) is 17.9. The number of piperidine rings is 2. The lowest BCUT2D eigenvalue weighted by molar-refractivity contribution is -0.138. The fraction of sp³-hybridized carbons (Fsp3) is 0.652. The van der Waals surface area contributed by atoms with Crippen LogP contribution >= 0.6 is 0 Å². The van der Waals surface area contributed by atoms with Crippen LogP contribution in [-0.4, -0.2) is 41.9 Å². The number of imide groups is 1. The molecule has 2 saturated heterocycles. The van der Waals surface area contributed by atoms with E-state index in [1.54, 1.807) is 0 Å². The van der Waals surface area contributed by atoms with Gasteiger partial charge in [0.2, 0.25) is 5.91 Å². The third-order valence-electron chi connectivity index (χ3n) is 5.81. The van der Waals surface area contributed by atoms with E-state index in [1.165, 1.54) is 44.3 Å². The van der Waals surface area contributed by atoms with Gasteiger partial charge in [0.25, 0.3) is 5.91 Å². The standard InChI is InChI=1S/C21H30N2O3.C2H6/c1-3-17(4-2)23-13-11-16(12-14-23)15-5-7-18(8-6-15)26-19-9-10-20(24)22-21(19)25;1-2/h5-8,16-17,19H,3-4,9-14H2,1-2H3,(H,22,24,25);1-2H3. The van der Waals surface area contributed by atoms with Crippen LogP contribution in [0, 0.1) is 0 Å². The average Bonchev–Trinajstić information content (AvgIpc) is 2.74. The molecule has 2 amide bonds. The highest BCUT2D eigenvalue weighted by molar-refractivity contribution is 5.99. The van der Waals surface area contributed by atoms with Gasteiger partial charge in [0.1, 0.15) is 5.75 Å². The van der Waals surface area contributed by atoms with Crippen LogP contribution < -0.4 is 10.1 Å². The van der Waals surface area contributed by atoms with E-state index in [9.17, 15) is 9.59 Å². The Morgan fingerprint density at radius 2 is 1.64 bits per heavy atom. The van der Waals surface area contributed by atoms with Crippen LogP contribution in [0.5, 0.6) is 5.75 Å². The Balaban J connectivity index is 0.00000136. The smallest absolute Gasteiger partial charge is 0.267 e. The number of carbonyl (C=O) groups excluding carboxylic acids is 2. The molecule has 0 spiro atoms. The molecule has 2 fully saturated rings. The average molecular weight is 389 g/mol. The summed E-state index contributed by atoms with van der Waals surface area (Å²) in [7, 11) is 0. The third-order valence-corrected chi connectivity index (χ3v) is 5.81. The monoisotopic (exact) mass is 388 g/mol. The zero-order chi connectivity index (χ0) is 20.5. The lowest BCUT2D eigenvalue weighted by Gasteiger charge is -2.37. The number of carbonyl (C=O) groups is 2. The van der Waals surface area contributed by atoms with E-state index in [1.807, 2.05) is 26.0 Å². The van der Waals surface area contributed by atoms with Crippen LogP contribution in [-0.2, 0) is 9.59 Å². The van der Waals surface area contributed by atoms with Gasteiger partial charge in [0.05, 0.1) is 0 Å². The van der Waals surface area contributed by atoms with E-state index >= 15 is 0 Å².